The molecule has 0 bridgehead atoms. The topological polar surface area (TPSA) is 86.1 Å². The van der Waals surface area contributed by atoms with Crippen molar-refractivity contribution in [2.45, 2.75) is 31.9 Å². The number of aliphatic hydroxyl groups excluding tert-OH is 2. The molecule has 1 saturated heterocycles. The summed E-state index contributed by atoms with van der Waals surface area (Å²) >= 11 is 0. The van der Waals surface area contributed by atoms with E-state index in [4.69, 9.17) is 9.84 Å². The summed E-state index contributed by atoms with van der Waals surface area (Å²) in [7, 11) is 1.83. The third kappa shape index (κ3) is 6.01. The summed E-state index contributed by atoms with van der Waals surface area (Å²) in [5.74, 6) is 0.703. The fraction of sp³-hybridized carbons (Fsp3) is 0.478. The minimum absolute atomic E-state index is 0.0194. The lowest BCUT2D eigenvalue weighted by molar-refractivity contribution is -0.131. The van der Waals surface area contributed by atoms with Gasteiger partial charge in [-0.05, 0) is 42.7 Å². The number of hydrogen-bond acceptors (Lipinski definition) is 6. The molecule has 2 N–H and O–H groups in total. The number of nitrogens with zero attached hydrogens (tertiary/aromatic N) is 3. The molecule has 1 aliphatic heterocycles. The van der Waals surface area contributed by atoms with Crippen LogP contribution in [0.1, 0.15) is 29.3 Å². The van der Waals surface area contributed by atoms with Gasteiger partial charge in [-0.2, -0.15) is 0 Å². The molecule has 0 aliphatic carbocycles. The van der Waals surface area contributed by atoms with Crippen molar-refractivity contribution in [3.63, 3.8) is 0 Å². The molecule has 1 aliphatic rings. The van der Waals surface area contributed by atoms with E-state index in [2.05, 4.69) is 9.88 Å². The number of aryl methyl sites for hydroxylation is 1. The van der Waals surface area contributed by atoms with Crippen LogP contribution in [0.5, 0.6) is 5.75 Å². The number of aliphatic hydroxyl groups is 2. The second-order valence-corrected chi connectivity index (χ2v) is 7.85. The van der Waals surface area contributed by atoms with Gasteiger partial charge in [0.15, 0.2) is 0 Å². The second kappa shape index (κ2) is 10.5. The Bertz CT molecular complexity index is 810. The van der Waals surface area contributed by atoms with Crippen LogP contribution in [-0.4, -0.2) is 76.9 Å². The molecular weight excluding hydrogens is 382 g/mol. The monoisotopic (exact) mass is 413 g/mol. The highest BCUT2D eigenvalue weighted by atomic mass is 16.5. The molecule has 2 atom stereocenters. The highest BCUT2D eigenvalue weighted by Gasteiger charge is 2.28. The molecule has 1 amide bonds. The summed E-state index contributed by atoms with van der Waals surface area (Å²) < 4.78 is 5.45. The van der Waals surface area contributed by atoms with E-state index in [0.29, 0.717) is 25.3 Å². The van der Waals surface area contributed by atoms with Crippen LogP contribution in [0.2, 0.25) is 0 Å². The zero-order chi connectivity index (χ0) is 21.5. The molecule has 1 aromatic heterocycles. The summed E-state index contributed by atoms with van der Waals surface area (Å²) in [4.78, 5) is 21.3. The van der Waals surface area contributed by atoms with Crippen LogP contribution in [-0.2, 0) is 11.2 Å². The van der Waals surface area contributed by atoms with E-state index in [-0.39, 0.29) is 31.3 Å². The van der Waals surface area contributed by atoms with Gasteiger partial charge in [0.05, 0.1) is 25.2 Å². The largest absolute Gasteiger partial charge is 0.491 e. The summed E-state index contributed by atoms with van der Waals surface area (Å²) in [5.41, 5.74) is 2.82. The predicted octanol–water partition coefficient (Wildman–Crippen LogP) is 1.57. The van der Waals surface area contributed by atoms with Gasteiger partial charge in [0.2, 0.25) is 5.91 Å². The van der Waals surface area contributed by atoms with Crippen molar-refractivity contribution in [3.8, 4) is 5.75 Å². The van der Waals surface area contributed by atoms with E-state index in [1.54, 1.807) is 11.1 Å². The third-order valence-electron chi connectivity index (χ3n) is 5.49. The third-order valence-corrected chi connectivity index (χ3v) is 5.49. The number of likely N-dealkylation sites (N-methyl/N-ethyl adjacent to an activating group) is 1. The van der Waals surface area contributed by atoms with E-state index in [9.17, 15) is 9.90 Å². The van der Waals surface area contributed by atoms with Crippen molar-refractivity contribution in [2.75, 3.05) is 39.9 Å². The summed E-state index contributed by atoms with van der Waals surface area (Å²) in [6.07, 6.45) is 2.49. The Morgan fingerprint density at radius 3 is 2.67 bits per heavy atom. The number of carbonyl (C=O) groups is 1. The van der Waals surface area contributed by atoms with E-state index in [0.717, 1.165) is 29.8 Å². The minimum Gasteiger partial charge on any atom is -0.491 e. The van der Waals surface area contributed by atoms with Crippen molar-refractivity contribution < 1.29 is 19.7 Å². The number of aromatic nitrogens is 1. The Hall–Kier alpha value is -2.48. The van der Waals surface area contributed by atoms with Crippen LogP contribution < -0.4 is 4.74 Å². The summed E-state index contributed by atoms with van der Waals surface area (Å²) in [6, 6.07) is 11.3. The number of benzene rings is 1. The Kier molecular flexibility index (Phi) is 7.79. The molecule has 30 heavy (non-hydrogen) atoms. The van der Waals surface area contributed by atoms with Crippen molar-refractivity contribution in [2.24, 2.45) is 0 Å². The number of hydrogen-bond donors (Lipinski definition) is 2. The molecule has 0 saturated carbocycles. The quantitative estimate of drug-likeness (QED) is 0.649. The van der Waals surface area contributed by atoms with Crippen LogP contribution >= 0.6 is 0 Å². The van der Waals surface area contributed by atoms with Gasteiger partial charge < -0.3 is 19.8 Å². The molecule has 1 aromatic carbocycles. The smallest absolute Gasteiger partial charge is 0.227 e. The molecule has 7 heteroatoms. The number of likely N-dealkylation sites (tertiary alicyclic amines) is 1. The van der Waals surface area contributed by atoms with Gasteiger partial charge in [0, 0.05) is 38.6 Å². The van der Waals surface area contributed by atoms with Gasteiger partial charge in [-0.1, -0.05) is 18.2 Å². The number of rotatable bonds is 9. The standard InChI is InChI=1S/C23H31N3O4/c1-17-3-4-18(14-24-17)13-23(29)25(2)22(16-26-10-9-20(28)15-26)19-5-7-21(8-6-19)30-12-11-27/h3-8,14,20,22,27-28H,9-13,15-16H2,1-2H3/t20-,22+/m0/s1. The van der Waals surface area contributed by atoms with Gasteiger partial charge in [0.1, 0.15) is 12.4 Å². The maximum absolute atomic E-state index is 13.0. The number of ether oxygens (including phenoxy) is 1. The number of β-amino-alcohol motifs (C(OH)–C–C–N with tert-alkyl or cyclic N) is 1. The average Bonchev–Trinajstić information content (AvgIpc) is 3.17. The summed E-state index contributed by atoms with van der Waals surface area (Å²) in [6.45, 7) is 4.23. The normalized spacial score (nSPS) is 17.7. The molecule has 162 valence electrons. The first kappa shape index (κ1) is 22.2. The second-order valence-electron chi connectivity index (χ2n) is 7.85. The van der Waals surface area contributed by atoms with E-state index < -0.39 is 0 Å². The Balaban J connectivity index is 1.75. The lowest BCUT2D eigenvalue weighted by Crippen LogP contribution is -2.39. The molecule has 1 fully saturated rings. The van der Waals surface area contributed by atoms with Crippen molar-refractivity contribution >= 4 is 5.91 Å². The lowest BCUT2D eigenvalue weighted by Gasteiger charge is -2.32. The van der Waals surface area contributed by atoms with Crippen LogP contribution in [0.4, 0.5) is 0 Å². The maximum Gasteiger partial charge on any atom is 0.227 e. The molecule has 7 nitrogen and oxygen atoms in total. The predicted molar refractivity (Wildman–Crippen MR) is 114 cm³/mol. The average molecular weight is 414 g/mol. The molecule has 3 rings (SSSR count). The highest BCUT2D eigenvalue weighted by Crippen LogP contribution is 2.26. The lowest BCUT2D eigenvalue weighted by atomic mass is 10.0. The first-order valence-corrected chi connectivity index (χ1v) is 10.4. The first-order valence-electron chi connectivity index (χ1n) is 10.4. The van der Waals surface area contributed by atoms with Crippen LogP contribution in [0, 0.1) is 6.92 Å². The fourth-order valence-electron chi connectivity index (χ4n) is 3.70. The molecule has 0 unspecified atom stereocenters. The van der Waals surface area contributed by atoms with Gasteiger partial charge in [-0.25, -0.2) is 0 Å². The van der Waals surface area contributed by atoms with Crippen LogP contribution in [0.15, 0.2) is 42.6 Å². The van der Waals surface area contributed by atoms with Gasteiger partial charge >= 0.3 is 0 Å². The zero-order valence-corrected chi connectivity index (χ0v) is 17.7. The molecule has 2 heterocycles. The van der Waals surface area contributed by atoms with Crippen LogP contribution in [0.3, 0.4) is 0 Å². The summed E-state index contributed by atoms with van der Waals surface area (Å²) in [5, 5.41) is 18.8. The maximum atomic E-state index is 13.0. The van der Waals surface area contributed by atoms with Crippen molar-refractivity contribution in [1.29, 1.82) is 0 Å². The van der Waals surface area contributed by atoms with Crippen molar-refractivity contribution in [1.82, 2.24) is 14.8 Å². The van der Waals surface area contributed by atoms with E-state index >= 15 is 0 Å². The number of amides is 1. The van der Waals surface area contributed by atoms with Gasteiger partial charge in [-0.15, -0.1) is 0 Å². The van der Waals surface area contributed by atoms with E-state index in [1.165, 1.54) is 0 Å². The first-order chi connectivity index (χ1) is 14.5. The highest BCUT2D eigenvalue weighted by molar-refractivity contribution is 5.79. The Morgan fingerprint density at radius 1 is 1.30 bits per heavy atom. The van der Waals surface area contributed by atoms with Crippen molar-refractivity contribution in [3.05, 3.63) is 59.4 Å². The SMILES string of the molecule is Cc1ccc(CC(=O)N(C)[C@H](CN2CC[C@H](O)C2)c2ccc(OCCO)cc2)cn1. The molecule has 0 spiro atoms. The van der Waals surface area contributed by atoms with Crippen LogP contribution in [0.25, 0.3) is 0 Å². The molecule has 0 radical (unpaired) electrons. The minimum atomic E-state index is -0.306. The Morgan fingerprint density at radius 2 is 2.07 bits per heavy atom. The number of carbonyl (C=O) groups excluding carboxylic acids is 1. The van der Waals surface area contributed by atoms with Gasteiger partial charge in [0.25, 0.3) is 0 Å². The fourth-order valence-corrected chi connectivity index (χ4v) is 3.70. The molecular formula is C23H31N3O4. The zero-order valence-electron chi connectivity index (χ0n) is 17.7. The van der Waals surface area contributed by atoms with E-state index in [1.807, 2.05) is 50.4 Å². The number of pyridine rings is 1. The molecule has 2 aromatic rings. The Labute approximate surface area is 177 Å². The van der Waals surface area contributed by atoms with Gasteiger partial charge in [-0.3, -0.25) is 14.7 Å².